The maximum absolute atomic E-state index is 12.2. The zero-order valence-corrected chi connectivity index (χ0v) is 20.4. The number of hydrogen-bond donors (Lipinski definition) is 0. The van der Waals surface area contributed by atoms with Crippen molar-refractivity contribution in [1.29, 1.82) is 0 Å². The van der Waals surface area contributed by atoms with Crippen molar-refractivity contribution in [2.75, 3.05) is 0 Å². The normalized spacial score (nSPS) is 10.3. The van der Waals surface area contributed by atoms with E-state index in [9.17, 15) is 9.59 Å². The molecule has 0 aromatic heterocycles. The van der Waals surface area contributed by atoms with Gasteiger partial charge in [-0.15, -0.1) is 0 Å². The van der Waals surface area contributed by atoms with Gasteiger partial charge < -0.3 is 0 Å². The van der Waals surface area contributed by atoms with Crippen LogP contribution in [0.25, 0.3) is 22.3 Å². The summed E-state index contributed by atoms with van der Waals surface area (Å²) >= 11 is -2.33. The molecule has 0 aliphatic heterocycles. The first-order valence-corrected chi connectivity index (χ1v) is 12.9. The van der Waals surface area contributed by atoms with Gasteiger partial charge in [0.25, 0.3) is 0 Å². The fraction of sp³-hybridized carbons (Fsp3) is 0. The van der Waals surface area contributed by atoms with Gasteiger partial charge in [-0.05, 0) is 0 Å². The molecule has 0 heterocycles. The molecule has 0 aliphatic rings. The molecule has 0 bridgehead atoms. The summed E-state index contributed by atoms with van der Waals surface area (Å²) in [7, 11) is 0. The van der Waals surface area contributed by atoms with Gasteiger partial charge in [0, 0.05) is 0 Å². The molecule has 0 unspecified atom stereocenters. The molecule has 0 spiro atoms. The Kier molecular flexibility index (Phi) is 6.89. The third-order valence-electron chi connectivity index (χ3n) is 4.72. The molecule has 0 saturated carbocycles. The molecule has 0 saturated heterocycles. The molecule has 0 fully saturated rings. The van der Waals surface area contributed by atoms with E-state index < -0.39 is 37.1 Å². The van der Waals surface area contributed by atoms with Crippen molar-refractivity contribution in [2.45, 2.75) is 0 Å². The van der Waals surface area contributed by atoms with E-state index in [1.165, 1.54) is 0 Å². The van der Waals surface area contributed by atoms with Crippen molar-refractivity contribution in [3.05, 3.63) is 120 Å². The maximum atomic E-state index is 12.2. The summed E-state index contributed by atoms with van der Waals surface area (Å²) in [4.78, 5) is 24.5. The van der Waals surface area contributed by atoms with E-state index in [2.05, 4.69) is 0 Å². The summed E-state index contributed by atoms with van der Waals surface area (Å²) < 4.78 is 10.5. The van der Waals surface area contributed by atoms with Gasteiger partial charge >= 0.3 is 195 Å². The Morgan fingerprint density at radius 3 is 1.13 bits per heavy atom. The van der Waals surface area contributed by atoms with Gasteiger partial charge in [-0.3, -0.25) is 0 Å². The molecule has 4 aromatic carbocycles. The first kappa shape index (κ1) is 21.0. The Labute approximate surface area is 194 Å². The van der Waals surface area contributed by atoms with E-state index in [0.717, 1.165) is 22.3 Å². The minimum atomic E-state index is -2.33. The van der Waals surface area contributed by atoms with Gasteiger partial charge in [0.05, 0.1) is 0 Å². The molecule has 0 atom stereocenters. The molecule has 4 rings (SSSR count). The standard InChI is InChI=1S/2C13H10O2.Pb/c2*14-13(15)12-8-6-11(7-9-12)10-4-2-1-3-5-10;/h2*1-9H,(H,14,15);/q;;+2/p-2. The minimum absolute atomic E-state index is 0.440. The molecule has 0 N–H and O–H groups in total. The van der Waals surface area contributed by atoms with E-state index in [1.54, 1.807) is 24.3 Å². The number of carbonyl (C=O) groups excluding carboxylic acids is 2. The molecular weight excluding hydrogens is 583 g/mol. The van der Waals surface area contributed by atoms with Crippen molar-refractivity contribution in [3.63, 3.8) is 0 Å². The second kappa shape index (κ2) is 10.2. The quantitative estimate of drug-likeness (QED) is 0.272. The second-order valence-electron chi connectivity index (χ2n) is 6.75. The summed E-state index contributed by atoms with van der Waals surface area (Å²) in [6.07, 6.45) is 0. The monoisotopic (exact) mass is 602 g/mol. The van der Waals surface area contributed by atoms with Crippen molar-refractivity contribution in [3.8, 4) is 22.3 Å². The van der Waals surface area contributed by atoms with Gasteiger partial charge in [0.15, 0.2) is 0 Å². The predicted molar refractivity (Wildman–Crippen MR) is 120 cm³/mol. The van der Waals surface area contributed by atoms with Crippen LogP contribution in [0.2, 0.25) is 0 Å². The van der Waals surface area contributed by atoms with Crippen LogP contribution in [0.4, 0.5) is 0 Å². The second-order valence-corrected chi connectivity index (χ2v) is 8.98. The molecule has 4 aromatic rings. The molecule has 4 nitrogen and oxygen atoms in total. The number of rotatable bonds is 6. The van der Waals surface area contributed by atoms with Crippen molar-refractivity contribution in [1.82, 2.24) is 0 Å². The molecule has 0 aliphatic carbocycles. The van der Waals surface area contributed by atoms with E-state index >= 15 is 0 Å². The average Bonchev–Trinajstić information content (AvgIpc) is 2.85. The molecular formula is C26H18O4Pb. The van der Waals surface area contributed by atoms with Gasteiger partial charge in [-0.25, -0.2) is 0 Å². The predicted octanol–water partition coefficient (Wildman–Crippen LogP) is 5.57. The van der Waals surface area contributed by atoms with E-state index in [0.29, 0.717) is 11.1 Å². The van der Waals surface area contributed by atoms with Crippen LogP contribution < -0.4 is 0 Å². The first-order valence-electron chi connectivity index (χ1n) is 9.69. The molecule has 0 amide bonds. The van der Waals surface area contributed by atoms with Crippen LogP contribution in [0.3, 0.4) is 0 Å². The average molecular weight is 602 g/mol. The Hall–Kier alpha value is -3.26. The summed E-state index contributed by atoms with van der Waals surface area (Å²) in [5.74, 6) is -0.926. The van der Waals surface area contributed by atoms with Gasteiger partial charge in [-0.1, -0.05) is 0 Å². The SMILES string of the molecule is O=C([O][Pb][O]C(=O)c1ccc(-c2ccccc2)cc1)c1ccc(-c2ccccc2)cc1. The summed E-state index contributed by atoms with van der Waals surface area (Å²) in [5, 5.41) is 0. The fourth-order valence-electron chi connectivity index (χ4n) is 3.07. The molecule has 150 valence electrons. The molecule has 31 heavy (non-hydrogen) atoms. The van der Waals surface area contributed by atoms with Crippen molar-refractivity contribution < 1.29 is 15.0 Å². The van der Waals surface area contributed by atoms with E-state index in [4.69, 9.17) is 5.37 Å². The third-order valence-corrected chi connectivity index (χ3v) is 6.81. The number of carbonyl (C=O) groups is 2. The molecule has 2 radical (unpaired) electrons. The Balaban J connectivity index is 1.29. The van der Waals surface area contributed by atoms with E-state index in [1.807, 2.05) is 84.9 Å². The summed E-state index contributed by atoms with van der Waals surface area (Å²) in [6.45, 7) is 0. The summed E-state index contributed by atoms with van der Waals surface area (Å²) in [5.41, 5.74) is 5.07. The zero-order chi connectivity index (χ0) is 21.5. The van der Waals surface area contributed by atoms with Crippen molar-refractivity contribution >= 4 is 37.1 Å². The fourth-order valence-corrected chi connectivity index (χ4v) is 4.74. The van der Waals surface area contributed by atoms with Crippen LogP contribution in [0.1, 0.15) is 20.7 Å². The molecule has 5 heteroatoms. The Morgan fingerprint density at radius 1 is 0.452 bits per heavy atom. The Morgan fingerprint density at radius 2 is 0.774 bits per heavy atom. The van der Waals surface area contributed by atoms with Gasteiger partial charge in [0.1, 0.15) is 0 Å². The van der Waals surface area contributed by atoms with E-state index in [-0.39, 0.29) is 0 Å². The van der Waals surface area contributed by atoms with Crippen LogP contribution in [-0.2, 0) is 5.37 Å². The van der Waals surface area contributed by atoms with Crippen LogP contribution >= 0.6 is 0 Å². The van der Waals surface area contributed by atoms with Crippen LogP contribution in [0.15, 0.2) is 109 Å². The van der Waals surface area contributed by atoms with Crippen molar-refractivity contribution in [2.24, 2.45) is 0 Å². The third kappa shape index (κ3) is 5.46. The summed E-state index contributed by atoms with van der Waals surface area (Å²) in [6, 6.07) is 34.2. The Bertz CT molecular complexity index is 1060. The van der Waals surface area contributed by atoms with Crippen LogP contribution in [0, 0.1) is 0 Å². The zero-order valence-electron chi connectivity index (χ0n) is 16.5. The topological polar surface area (TPSA) is 52.6 Å². The number of hydrogen-bond acceptors (Lipinski definition) is 4. The first-order chi connectivity index (χ1) is 15.2. The van der Waals surface area contributed by atoms with Crippen LogP contribution in [-0.4, -0.2) is 37.1 Å². The van der Waals surface area contributed by atoms with Gasteiger partial charge in [-0.2, -0.15) is 0 Å². The number of benzene rings is 4. The van der Waals surface area contributed by atoms with Crippen LogP contribution in [0.5, 0.6) is 0 Å². The van der Waals surface area contributed by atoms with Gasteiger partial charge in [0.2, 0.25) is 0 Å².